The Balaban J connectivity index is 1.90. The van der Waals surface area contributed by atoms with E-state index < -0.39 is 0 Å². The molecule has 0 saturated heterocycles. The van der Waals surface area contributed by atoms with E-state index in [0.717, 1.165) is 30.2 Å². The van der Waals surface area contributed by atoms with Crippen molar-refractivity contribution in [2.75, 3.05) is 34.4 Å². The van der Waals surface area contributed by atoms with Gasteiger partial charge in [-0.1, -0.05) is 35.5 Å². The molecule has 5 heteroatoms. The molecular formula is C19H24N2O3. The van der Waals surface area contributed by atoms with Crippen LogP contribution < -0.4 is 9.47 Å². The van der Waals surface area contributed by atoms with Crippen molar-refractivity contribution in [2.45, 2.75) is 6.54 Å². The van der Waals surface area contributed by atoms with Crippen LogP contribution in [0.15, 0.2) is 53.7 Å². The predicted molar refractivity (Wildman–Crippen MR) is 95.9 cm³/mol. The lowest BCUT2D eigenvalue weighted by Gasteiger charge is -2.17. The van der Waals surface area contributed by atoms with Crippen LogP contribution in [0.3, 0.4) is 0 Å². The van der Waals surface area contributed by atoms with Gasteiger partial charge in [-0.3, -0.25) is 4.90 Å². The topological polar surface area (TPSA) is 43.3 Å². The number of nitrogens with zero attached hydrogens (tertiary/aromatic N) is 2. The fraction of sp³-hybridized carbons (Fsp3) is 0.316. The third kappa shape index (κ3) is 5.59. The predicted octanol–water partition coefficient (Wildman–Crippen LogP) is 3.19. The molecule has 5 nitrogen and oxygen atoms in total. The van der Waals surface area contributed by atoms with Gasteiger partial charge in [-0.25, -0.2) is 0 Å². The molecule has 0 aliphatic heterocycles. The quantitative estimate of drug-likeness (QED) is 0.524. The fourth-order valence-electron chi connectivity index (χ4n) is 2.28. The number of methoxy groups -OCH3 is 1. The first-order valence-electron chi connectivity index (χ1n) is 7.82. The van der Waals surface area contributed by atoms with Crippen molar-refractivity contribution >= 4 is 6.21 Å². The first kappa shape index (κ1) is 17.8. The summed E-state index contributed by atoms with van der Waals surface area (Å²) in [7, 11) is 5.22. The van der Waals surface area contributed by atoms with Crippen molar-refractivity contribution in [3.8, 4) is 11.5 Å². The molecule has 0 amide bonds. The molecule has 0 unspecified atom stereocenters. The highest BCUT2D eigenvalue weighted by atomic mass is 16.6. The molecule has 24 heavy (non-hydrogen) atoms. The average Bonchev–Trinajstić information content (AvgIpc) is 2.61. The Hall–Kier alpha value is -2.53. The average molecular weight is 328 g/mol. The van der Waals surface area contributed by atoms with Gasteiger partial charge in [0, 0.05) is 18.7 Å². The highest BCUT2D eigenvalue weighted by Gasteiger charge is 2.06. The number of hydrogen-bond acceptors (Lipinski definition) is 5. The minimum Gasteiger partial charge on any atom is -0.497 e. The van der Waals surface area contributed by atoms with Crippen LogP contribution in [0.1, 0.15) is 11.1 Å². The summed E-state index contributed by atoms with van der Waals surface area (Å²) in [5.74, 6) is 1.51. The second kappa shape index (κ2) is 9.57. The zero-order chi connectivity index (χ0) is 17.2. The SMILES string of the molecule is CON=Cc1cc(OC)ccc1OCCN(C)Cc1ccccc1. The molecule has 128 valence electrons. The fourth-order valence-corrected chi connectivity index (χ4v) is 2.28. The van der Waals surface area contributed by atoms with E-state index in [-0.39, 0.29) is 0 Å². The van der Waals surface area contributed by atoms with Gasteiger partial charge in [0.15, 0.2) is 0 Å². The van der Waals surface area contributed by atoms with Crippen LogP contribution in [-0.4, -0.2) is 45.5 Å². The zero-order valence-electron chi connectivity index (χ0n) is 14.4. The maximum absolute atomic E-state index is 5.90. The van der Waals surface area contributed by atoms with Crippen molar-refractivity contribution in [1.82, 2.24) is 4.90 Å². The van der Waals surface area contributed by atoms with Gasteiger partial charge in [0.2, 0.25) is 0 Å². The maximum atomic E-state index is 5.90. The Kier molecular flexibility index (Phi) is 7.11. The molecule has 0 N–H and O–H groups in total. The van der Waals surface area contributed by atoms with Crippen molar-refractivity contribution < 1.29 is 14.3 Å². The lowest BCUT2D eigenvalue weighted by Crippen LogP contribution is -2.24. The van der Waals surface area contributed by atoms with Crippen molar-refractivity contribution in [3.63, 3.8) is 0 Å². The molecule has 0 aliphatic carbocycles. The highest BCUT2D eigenvalue weighted by Crippen LogP contribution is 2.22. The van der Waals surface area contributed by atoms with Crippen LogP contribution in [0, 0.1) is 0 Å². The van der Waals surface area contributed by atoms with E-state index in [9.17, 15) is 0 Å². The van der Waals surface area contributed by atoms with Crippen LogP contribution in [-0.2, 0) is 11.4 Å². The van der Waals surface area contributed by atoms with E-state index in [1.165, 1.54) is 12.7 Å². The van der Waals surface area contributed by atoms with Crippen molar-refractivity contribution in [1.29, 1.82) is 0 Å². The van der Waals surface area contributed by atoms with Crippen LogP contribution in [0.2, 0.25) is 0 Å². The molecule has 0 aromatic heterocycles. The number of ether oxygens (including phenoxy) is 2. The molecule has 0 bridgehead atoms. The molecule has 2 rings (SSSR count). The van der Waals surface area contributed by atoms with E-state index in [4.69, 9.17) is 14.3 Å². The normalized spacial score (nSPS) is 11.0. The van der Waals surface area contributed by atoms with E-state index >= 15 is 0 Å². The minimum absolute atomic E-state index is 0.587. The van der Waals surface area contributed by atoms with Gasteiger partial charge in [-0.15, -0.1) is 0 Å². The van der Waals surface area contributed by atoms with E-state index in [2.05, 4.69) is 41.4 Å². The van der Waals surface area contributed by atoms with Crippen LogP contribution in [0.5, 0.6) is 11.5 Å². The zero-order valence-corrected chi connectivity index (χ0v) is 14.4. The minimum atomic E-state index is 0.587. The monoisotopic (exact) mass is 328 g/mol. The van der Waals surface area contributed by atoms with Gasteiger partial charge in [-0.2, -0.15) is 0 Å². The maximum Gasteiger partial charge on any atom is 0.128 e. The summed E-state index contributed by atoms with van der Waals surface area (Å²) in [6.45, 7) is 2.30. The summed E-state index contributed by atoms with van der Waals surface area (Å²) >= 11 is 0. The molecular weight excluding hydrogens is 304 g/mol. The van der Waals surface area contributed by atoms with E-state index in [0.29, 0.717) is 6.61 Å². The van der Waals surface area contributed by atoms with Crippen LogP contribution in [0.25, 0.3) is 0 Å². The van der Waals surface area contributed by atoms with Gasteiger partial charge in [0.25, 0.3) is 0 Å². The molecule has 0 fully saturated rings. The molecule has 0 spiro atoms. The number of oxime groups is 1. The summed E-state index contributed by atoms with van der Waals surface area (Å²) in [4.78, 5) is 6.97. The lowest BCUT2D eigenvalue weighted by atomic mass is 10.2. The first-order valence-corrected chi connectivity index (χ1v) is 7.82. The van der Waals surface area contributed by atoms with Gasteiger partial charge in [0.05, 0.1) is 13.3 Å². The summed E-state index contributed by atoms with van der Waals surface area (Å²) in [5, 5.41) is 3.81. The van der Waals surface area contributed by atoms with Crippen LogP contribution in [0.4, 0.5) is 0 Å². The number of benzene rings is 2. The third-order valence-corrected chi connectivity index (χ3v) is 3.54. The summed E-state index contributed by atoms with van der Waals surface area (Å²) in [6, 6.07) is 16.0. The Morgan fingerprint density at radius 3 is 2.58 bits per heavy atom. The van der Waals surface area contributed by atoms with E-state index in [1.807, 2.05) is 24.3 Å². The lowest BCUT2D eigenvalue weighted by molar-refractivity contribution is 0.215. The molecule has 0 atom stereocenters. The second-order valence-electron chi connectivity index (χ2n) is 5.39. The van der Waals surface area contributed by atoms with Gasteiger partial charge in [-0.05, 0) is 30.8 Å². The summed E-state index contributed by atoms with van der Waals surface area (Å²) < 4.78 is 11.1. The molecule has 0 aliphatic rings. The van der Waals surface area contributed by atoms with Crippen LogP contribution >= 0.6 is 0 Å². The Morgan fingerprint density at radius 2 is 1.88 bits per heavy atom. The van der Waals surface area contributed by atoms with Crippen molar-refractivity contribution in [3.05, 3.63) is 59.7 Å². The number of rotatable bonds is 9. The molecule has 2 aromatic carbocycles. The first-order chi connectivity index (χ1) is 11.7. The standard InChI is InChI=1S/C19H24N2O3/c1-21(15-16-7-5-4-6-8-16)11-12-24-19-10-9-18(22-2)13-17(19)14-20-23-3/h4-10,13-14H,11-12,15H2,1-3H3. The van der Waals surface area contributed by atoms with Gasteiger partial charge in [0.1, 0.15) is 25.2 Å². The van der Waals surface area contributed by atoms with Gasteiger partial charge < -0.3 is 14.3 Å². The van der Waals surface area contributed by atoms with Gasteiger partial charge >= 0.3 is 0 Å². The summed E-state index contributed by atoms with van der Waals surface area (Å²) in [5.41, 5.74) is 2.11. The number of likely N-dealkylation sites (N-methyl/N-ethyl adjacent to an activating group) is 1. The molecule has 0 radical (unpaired) electrons. The largest absolute Gasteiger partial charge is 0.497 e. The number of hydrogen-bond donors (Lipinski definition) is 0. The highest BCUT2D eigenvalue weighted by molar-refractivity contribution is 5.83. The third-order valence-electron chi connectivity index (χ3n) is 3.54. The molecule has 2 aromatic rings. The smallest absolute Gasteiger partial charge is 0.128 e. The Bertz CT molecular complexity index is 644. The second-order valence-corrected chi connectivity index (χ2v) is 5.39. The molecule has 0 saturated carbocycles. The summed E-state index contributed by atoms with van der Waals surface area (Å²) in [6.07, 6.45) is 1.62. The van der Waals surface area contributed by atoms with Crippen molar-refractivity contribution in [2.24, 2.45) is 5.16 Å². The molecule has 0 heterocycles. The Labute approximate surface area is 143 Å². The van der Waals surface area contributed by atoms with E-state index in [1.54, 1.807) is 13.3 Å². The Morgan fingerprint density at radius 1 is 1.08 bits per heavy atom.